The fourth-order valence-electron chi connectivity index (χ4n) is 4.11. The molecule has 0 aromatic heterocycles. The van der Waals surface area contributed by atoms with Crippen molar-refractivity contribution in [2.75, 3.05) is 6.54 Å². The van der Waals surface area contributed by atoms with Crippen molar-refractivity contribution in [3.05, 3.63) is 23.8 Å². The van der Waals surface area contributed by atoms with Crippen LogP contribution < -0.4 is 0 Å². The van der Waals surface area contributed by atoms with Gasteiger partial charge in [-0.2, -0.15) is 0 Å². The normalized spacial score (nSPS) is 33.9. The smallest absolute Gasteiger partial charge is 0.258 e. The first kappa shape index (κ1) is 11.7. The zero-order valence-corrected chi connectivity index (χ0v) is 11.0. The van der Waals surface area contributed by atoms with Gasteiger partial charge >= 0.3 is 0 Å². The summed E-state index contributed by atoms with van der Waals surface area (Å²) in [6.07, 6.45) is 4.77. The van der Waals surface area contributed by atoms with Crippen LogP contribution >= 0.6 is 0 Å². The molecule has 2 atom stereocenters. The van der Waals surface area contributed by atoms with Crippen molar-refractivity contribution in [1.29, 1.82) is 0 Å². The topological polar surface area (TPSA) is 37.4 Å². The van der Waals surface area contributed by atoms with Gasteiger partial charge in [-0.15, -0.1) is 6.58 Å². The third-order valence-electron chi connectivity index (χ3n) is 5.08. The van der Waals surface area contributed by atoms with Crippen molar-refractivity contribution in [2.45, 2.75) is 33.1 Å². The van der Waals surface area contributed by atoms with E-state index in [0.717, 1.165) is 30.4 Å². The largest absolute Gasteiger partial charge is 0.271 e. The summed E-state index contributed by atoms with van der Waals surface area (Å²) in [5.74, 6) is 0.650. The van der Waals surface area contributed by atoms with Crippen LogP contribution in [0.5, 0.6) is 0 Å². The molecule has 2 amide bonds. The van der Waals surface area contributed by atoms with Gasteiger partial charge in [0, 0.05) is 23.1 Å². The Morgan fingerprint density at radius 1 is 1.44 bits per heavy atom. The molecule has 2 unspecified atom stereocenters. The summed E-state index contributed by atoms with van der Waals surface area (Å²) in [6.45, 7) is 8.31. The minimum absolute atomic E-state index is 0.0251. The summed E-state index contributed by atoms with van der Waals surface area (Å²) in [5.41, 5.74) is 1.66. The van der Waals surface area contributed by atoms with E-state index in [1.807, 2.05) is 0 Å². The van der Waals surface area contributed by atoms with Crippen LogP contribution in [0.15, 0.2) is 23.8 Å². The Morgan fingerprint density at radius 3 is 2.78 bits per heavy atom. The molecule has 3 nitrogen and oxygen atoms in total. The van der Waals surface area contributed by atoms with Gasteiger partial charge in [0.05, 0.1) is 0 Å². The lowest BCUT2D eigenvalue weighted by atomic mass is 9.71. The van der Waals surface area contributed by atoms with E-state index >= 15 is 0 Å². The minimum Gasteiger partial charge on any atom is -0.271 e. The van der Waals surface area contributed by atoms with Gasteiger partial charge in [-0.25, -0.2) is 0 Å². The van der Waals surface area contributed by atoms with Crippen molar-refractivity contribution in [3.8, 4) is 0 Å². The third-order valence-corrected chi connectivity index (χ3v) is 5.08. The molecule has 2 bridgehead atoms. The maximum atomic E-state index is 12.5. The van der Waals surface area contributed by atoms with Crippen LogP contribution in [0.3, 0.4) is 0 Å². The lowest BCUT2D eigenvalue weighted by Gasteiger charge is -2.33. The van der Waals surface area contributed by atoms with Crippen LogP contribution in [-0.2, 0) is 9.59 Å². The van der Waals surface area contributed by atoms with E-state index < -0.39 is 0 Å². The quantitative estimate of drug-likeness (QED) is 0.565. The summed E-state index contributed by atoms with van der Waals surface area (Å²) in [4.78, 5) is 26.2. The molecule has 0 aromatic carbocycles. The minimum atomic E-state index is -0.0536. The highest BCUT2D eigenvalue weighted by Crippen LogP contribution is 2.63. The lowest BCUT2D eigenvalue weighted by molar-refractivity contribution is -0.137. The SMILES string of the molecule is C=CCN1C(=O)C2=C(C1=O)C1(C(C)C)CCC2C1. The first-order chi connectivity index (χ1) is 8.53. The second-order valence-corrected chi connectivity index (χ2v) is 6.05. The molecule has 1 aliphatic heterocycles. The standard InChI is InChI=1S/C15H19NO2/c1-4-7-16-13(17)11-10-5-6-15(8-10,9(2)3)12(11)14(16)18/h4,9-10H,1,5-8H2,2-3H3. The van der Waals surface area contributed by atoms with Gasteiger partial charge in [0.2, 0.25) is 0 Å². The van der Waals surface area contributed by atoms with E-state index in [9.17, 15) is 9.59 Å². The number of hydrogen-bond acceptors (Lipinski definition) is 2. The molecule has 1 saturated carbocycles. The number of likely N-dealkylation sites (tertiary alicyclic amines) is 1. The highest BCUT2D eigenvalue weighted by Gasteiger charge is 2.60. The highest BCUT2D eigenvalue weighted by molar-refractivity contribution is 6.21. The summed E-state index contributed by atoms with van der Waals surface area (Å²) >= 11 is 0. The zero-order chi connectivity index (χ0) is 13.1. The third kappa shape index (κ3) is 1.15. The molecular weight excluding hydrogens is 226 g/mol. The van der Waals surface area contributed by atoms with Gasteiger partial charge in [0.25, 0.3) is 11.8 Å². The highest BCUT2D eigenvalue weighted by atomic mass is 16.2. The summed E-state index contributed by atoms with van der Waals surface area (Å²) in [5, 5.41) is 0. The number of fused-ring (bicyclic) bond motifs is 4. The van der Waals surface area contributed by atoms with Crippen LogP contribution in [-0.4, -0.2) is 23.3 Å². The summed E-state index contributed by atoms with van der Waals surface area (Å²) in [6, 6.07) is 0. The molecular formula is C15H19NO2. The molecule has 3 heteroatoms. The Morgan fingerprint density at radius 2 is 2.17 bits per heavy atom. The number of imide groups is 1. The number of carbonyl (C=O) groups is 2. The maximum Gasteiger partial charge on any atom is 0.258 e. The summed E-state index contributed by atoms with van der Waals surface area (Å²) < 4.78 is 0. The Kier molecular flexibility index (Phi) is 2.31. The van der Waals surface area contributed by atoms with Crippen LogP contribution in [0.4, 0.5) is 0 Å². The van der Waals surface area contributed by atoms with Gasteiger partial charge < -0.3 is 0 Å². The molecule has 0 N–H and O–H groups in total. The Hall–Kier alpha value is -1.38. The molecule has 2 aliphatic carbocycles. The van der Waals surface area contributed by atoms with E-state index in [0.29, 0.717) is 18.4 Å². The van der Waals surface area contributed by atoms with Crippen LogP contribution in [0.2, 0.25) is 0 Å². The van der Waals surface area contributed by atoms with E-state index in [1.165, 1.54) is 4.90 Å². The second kappa shape index (κ2) is 3.56. The maximum absolute atomic E-state index is 12.5. The molecule has 0 spiro atoms. The Labute approximate surface area is 108 Å². The summed E-state index contributed by atoms with van der Waals surface area (Å²) in [7, 11) is 0. The fourth-order valence-corrected chi connectivity index (χ4v) is 4.11. The average molecular weight is 245 g/mol. The van der Waals surface area contributed by atoms with E-state index in [1.54, 1.807) is 6.08 Å². The molecule has 3 rings (SSSR count). The molecule has 18 heavy (non-hydrogen) atoms. The number of carbonyl (C=O) groups excluding carboxylic acids is 2. The van der Waals surface area contributed by atoms with Crippen molar-refractivity contribution in [2.24, 2.45) is 17.3 Å². The van der Waals surface area contributed by atoms with E-state index in [-0.39, 0.29) is 17.2 Å². The van der Waals surface area contributed by atoms with Crippen molar-refractivity contribution in [1.82, 2.24) is 4.90 Å². The van der Waals surface area contributed by atoms with Crippen LogP contribution in [0, 0.1) is 17.3 Å². The van der Waals surface area contributed by atoms with Crippen molar-refractivity contribution >= 4 is 11.8 Å². The zero-order valence-electron chi connectivity index (χ0n) is 11.0. The van der Waals surface area contributed by atoms with E-state index in [4.69, 9.17) is 0 Å². The molecule has 0 aromatic rings. The van der Waals surface area contributed by atoms with Gasteiger partial charge in [-0.3, -0.25) is 14.5 Å². The second-order valence-electron chi connectivity index (χ2n) is 6.05. The molecule has 0 radical (unpaired) electrons. The molecule has 1 fully saturated rings. The van der Waals surface area contributed by atoms with Gasteiger partial charge in [0.1, 0.15) is 0 Å². The predicted octanol–water partition coefficient (Wildman–Crippen LogP) is 2.29. The van der Waals surface area contributed by atoms with Crippen molar-refractivity contribution in [3.63, 3.8) is 0 Å². The van der Waals surface area contributed by atoms with Crippen molar-refractivity contribution < 1.29 is 9.59 Å². The van der Waals surface area contributed by atoms with E-state index in [2.05, 4.69) is 20.4 Å². The first-order valence-corrected chi connectivity index (χ1v) is 6.74. The molecule has 96 valence electrons. The number of amides is 2. The van der Waals surface area contributed by atoms with Gasteiger partial charge in [0.15, 0.2) is 0 Å². The average Bonchev–Trinajstić information content (AvgIpc) is 2.96. The monoisotopic (exact) mass is 245 g/mol. The number of nitrogens with zero attached hydrogens (tertiary/aromatic N) is 1. The Bertz CT molecular complexity index is 489. The number of rotatable bonds is 3. The molecule has 3 aliphatic rings. The predicted molar refractivity (Wildman–Crippen MR) is 68.6 cm³/mol. The van der Waals surface area contributed by atoms with Gasteiger partial charge in [-0.05, 0) is 31.1 Å². The fraction of sp³-hybridized carbons (Fsp3) is 0.600. The number of hydrogen-bond donors (Lipinski definition) is 0. The van der Waals surface area contributed by atoms with Crippen LogP contribution in [0.25, 0.3) is 0 Å². The Balaban J connectivity index is 2.08. The van der Waals surface area contributed by atoms with Crippen LogP contribution in [0.1, 0.15) is 33.1 Å². The van der Waals surface area contributed by atoms with Gasteiger partial charge in [-0.1, -0.05) is 19.9 Å². The molecule has 0 saturated heterocycles. The molecule has 1 heterocycles. The first-order valence-electron chi connectivity index (χ1n) is 6.74. The lowest BCUT2D eigenvalue weighted by Crippen LogP contribution is -2.37.